The van der Waals surface area contributed by atoms with Crippen LogP contribution in [0.2, 0.25) is 0 Å². The predicted molar refractivity (Wildman–Crippen MR) is 94.7 cm³/mol. The van der Waals surface area contributed by atoms with Crippen molar-refractivity contribution in [3.63, 3.8) is 0 Å². The minimum absolute atomic E-state index is 0.101. The van der Waals surface area contributed by atoms with E-state index >= 15 is 0 Å². The SMILES string of the molecule is CC(=O)Nc1cc2cnccc2cc1-c1nc2ccccc2s1. The number of anilines is 1. The molecule has 0 aliphatic carbocycles. The Balaban J connectivity index is 1.97. The number of fused-ring (bicyclic) bond motifs is 2. The summed E-state index contributed by atoms with van der Waals surface area (Å²) >= 11 is 1.62. The summed E-state index contributed by atoms with van der Waals surface area (Å²) in [5.41, 5.74) is 2.66. The first-order valence-electron chi connectivity index (χ1n) is 7.22. The van der Waals surface area contributed by atoms with E-state index in [2.05, 4.69) is 22.4 Å². The lowest BCUT2D eigenvalue weighted by Crippen LogP contribution is -2.07. The largest absolute Gasteiger partial charge is 0.326 e. The van der Waals surface area contributed by atoms with Crippen molar-refractivity contribution in [1.82, 2.24) is 9.97 Å². The molecule has 23 heavy (non-hydrogen) atoms. The van der Waals surface area contributed by atoms with Crippen LogP contribution in [-0.2, 0) is 4.79 Å². The van der Waals surface area contributed by atoms with Crippen molar-refractivity contribution in [2.24, 2.45) is 0 Å². The fraction of sp³-hybridized carbons (Fsp3) is 0.0556. The van der Waals surface area contributed by atoms with E-state index in [4.69, 9.17) is 4.98 Å². The topological polar surface area (TPSA) is 54.9 Å². The molecule has 2 aromatic heterocycles. The average Bonchev–Trinajstić information content (AvgIpc) is 2.97. The van der Waals surface area contributed by atoms with Gasteiger partial charge >= 0.3 is 0 Å². The Hall–Kier alpha value is -2.79. The normalized spacial score (nSPS) is 11.0. The van der Waals surface area contributed by atoms with Crippen molar-refractivity contribution in [2.45, 2.75) is 6.92 Å². The zero-order valence-electron chi connectivity index (χ0n) is 12.4. The first-order valence-corrected chi connectivity index (χ1v) is 8.04. The molecule has 4 rings (SSSR count). The Morgan fingerprint density at radius 3 is 2.83 bits per heavy atom. The van der Waals surface area contributed by atoms with E-state index < -0.39 is 0 Å². The molecule has 0 aliphatic heterocycles. The number of rotatable bonds is 2. The molecular formula is C18H13N3OS. The van der Waals surface area contributed by atoms with Gasteiger partial charge in [-0.25, -0.2) is 4.98 Å². The molecule has 0 unspecified atom stereocenters. The smallest absolute Gasteiger partial charge is 0.221 e. The summed E-state index contributed by atoms with van der Waals surface area (Å²) in [4.78, 5) is 20.4. The maximum absolute atomic E-state index is 11.6. The van der Waals surface area contributed by atoms with Crippen molar-refractivity contribution < 1.29 is 4.79 Å². The maximum atomic E-state index is 11.6. The molecule has 2 heterocycles. The molecule has 4 nitrogen and oxygen atoms in total. The number of aromatic nitrogens is 2. The van der Waals surface area contributed by atoms with Crippen molar-refractivity contribution >= 4 is 43.9 Å². The number of hydrogen-bond acceptors (Lipinski definition) is 4. The Morgan fingerprint density at radius 1 is 1.13 bits per heavy atom. The highest BCUT2D eigenvalue weighted by Gasteiger charge is 2.13. The number of thiazole rings is 1. The number of carbonyl (C=O) groups excluding carboxylic acids is 1. The van der Waals surface area contributed by atoms with Crippen LogP contribution in [0.5, 0.6) is 0 Å². The first kappa shape index (κ1) is 13.8. The molecule has 1 amide bonds. The van der Waals surface area contributed by atoms with E-state index in [1.165, 1.54) is 6.92 Å². The Labute approximate surface area is 136 Å². The summed E-state index contributed by atoms with van der Waals surface area (Å²) < 4.78 is 1.13. The molecule has 0 spiro atoms. The number of pyridine rings is 1. The van der Waals surface area contributed by atoms with Crippen LogP contribution in [0.3, 0.4) is 0 Å². The molecule has 2 aromatic carbocycles. The summed E-state index contributed by atoms with van der Waals surface area (Å²) in [6, 6.07) is 14.0. The molecule has 4 aromatic rings. The van der Waals surface area contributed by atoms with E-state index in [1.807, 2.05) is 30.3 Å². The number of benzene rings is 2. The lowest BCUT2D eigenvalue weighted by molar-refractivity contribution is -0.114. The van der Waals surface area contributed by atoms with Gasteiger partial charge < -0.3 is 5.32 Å². The number of carbonyl (C=O) groups is 1. The lowest BCUT2D eigenvalue weighted by atomic mass is 10.1. The van der Waals surface area contributed by atoms with E-state index in [0.717, 1.165) is 37.2 Å². The second-order valence-corrected chi connectivity index (χ2v) is 6.32. The van der Waals surface area contributed by atoms with Gasteiger partial charge in [0.2, 0.25) is 5.91 Å². The Morgan fingerprint density at radius 2 is 2.00 bits per heavy atom. The summed E-state index contributed by atoms with van der Waals surface area (Å²) in [6.45, 7) is 1.51. The number of nitrogens with zero attached hydrogens (tertiary/aromatic N) is 2. The quantitative estimate of drug-likeness (QED) is 0.593. The Bertz CT molecular complexity index is 1010. The minimum atomic E-state index is -0.101. The third kappa shape index (κ3) is 2.55. The number of nitrogens with one attached hydrogen (secondary N) is 1. The average molecular weight is 319 g/mol. The van der Waals surface area contributed by atoms with Gasteiger partial charge in [-0.1, -0.05) is 12.1 Å². The molecule has 0 aliphatic rings. The van der Waals surface area contributed by atoms with Crippen molar-refractivity contribution in [2.75, 3.05) is 5.32 Å². The zero-order valence-corrected chi connectivity index (χ0v) is 13.2. The number of amides is 1. The van der Waals surface area contributed by atoms with Crippen LogP contribution in [-0.4, -0.2) is 15.9 Å². The number of para-hydroxylation sites is 1. The summed E-state index contributed by atoms with van der Waals surface area (Å²) in [5, 5.41) is 5.86. The molecular weight excluding hydrogens is 306 g/mol. The molecule has 0 fully saturated rings. The van der Waals surface area contributed by atoms with E-state index in [1.54, 1.807) is 23.7 Å². The fourth-order valence-corrected chi connectivity index (χ4v) is 3.59. The van der Waals surface area contributed by atoms with Crippen LogP contribution >= 0.6 is 11.3 Å². The number of hydrogen-bond donors (Lipinski definition) is 1. The monoisotopic (exact) mass is 319 g/mol. The van der Waals surface area contributed by atoms with Gasteiger partial charge in [-0.3, -0.25) is 9.78 Å². The molecule has 0 bridgehead atoms. The van der Waals surface area contributed by atoms with Gasteiger partial charge in [-0.2, -0.15) is 0 Å². The van der Waals surface area contributed by atoms with Crippen molar-refractivity contribution in [3.8, 4) is 10.6 Å². The molecule has 112 valence electrons. The standard InChI is InChI=1S/C18H13N3OS/c1-11(22)20-16-9-13-10-19-7-6-12(13)8-14(16)18-21-15-4-2-3-5-17(15)23-18/h2-10H,1H3,(H,20,22). The minimum Gasteiger partial charge on any atom is -0.326 e. The first-order chi connectivity index (χ1) is 11.2. The van der Waals surface area contributed by atoms with E-state index in [0.29, 0.717) is 0 Å². The molecule has 0 atom stereocenters. The highest BCUT2D eigenvalue weighted by molar-refractivity contribution is 7.21. The second-order valence-electron chi connectivity index (χ2n) is 5.29. The molecule has 0 saturated carbocycles. The highest BCUT2D eigenvalue weighted by Crippen LogP contribution is 2.36. The van der Waals surface area contributed by atoms with Crippen LogP contribution in [0.1, 0.15) is 6.92 Å². The third-order valence-electron chi connectivity index (χ3n) is 3.61. The zero-order chi connectivity index (χ0) is 15.8. The van der Waals surface area contributed by atoms with Crippen LogP contribution in [0.15, 0.2) is 54.9 Å². The lowest BCUT2D eigenvalue weighted by Gasteiger charge is -2.10. The molecule has 5 heteroatoms. The van der Waals surface area contributed by atoms with Crippen LogP contribution in [0, 0.1) is 0 Å². The van der Waals surface area contributed by atoms with Crippen LogP contribution < -0.4 is 5.32 Å². The van der Waals surface area contributed by atoms with Gasteiger partial charge in [-0.05, 0) is 35.7 Å². The second kappa shape index (κ2) is 5.44. The van der Waals surface area contributed by atoms with Gasteiger partial charge in [0.05, 0.1) is 15.9 Å². The van der Waals surface area contributed by atoms with Gasteiger partial charge in [0.1, 0.15) is 5.01 Å². The van der Waals surface area contributed by atoms with E-state index in [-0.39, 0.29) is 5.91 Å². The molecule has 0 saturated heterocycles. The maximum Gasteiger partial charge on any atom is 0.221 e. The van der Waals surface area contributed by atoms with Gasteiger partial charge in [0.25, 0.3) is 0 Å². The van der Waals surface area contributed by atoms with Crippen LogP contribution in [0.25, 0.3) is 31.6 Å². The van der Waals surface area contributed by atoms with Crippen LogP contribution in [0.4, 0.5) is 5.69 Å². The molecule has 1 N–H and O–H groups in total. The predicted octanol–water partition coefficient (Wildman–Crippen LogP) is 4.47. The van der Waals surface area contributed by atoms with Crippen molar-refractivity contribution in [3.05, 3.63) is 54.9 Å². The summed E-state index contributed by atoms with van der Waals surface area (Å²) in [7, 11) is 0. The molecule has 0 radical (unpaired) electrons. The van der Waals surface area contributed by atoms with Gasteiger partial charge in [0.15, 0.2) is 0 Å². The Kier molecular flexibility index (Phi) is 3.28. The summed E-state index contributed by atoms with van der Waals surface area (Å²) in [6.07, 6.45) is 3.56. The summed E-state index contributed by atoms with van der Waals surface area (Å²) in [5.74, 6) is -0.101. The third-order valence-corrected chi connectivity index (χ3v) is 4.68. The highest BCUT2D eigenvalue weighted by atomic mass is 32.1. The van der Waals surface area contributed by atoms with Crippen molar-refractivity contribution in [1.29, 1.82) is 0 Å². The van der Waals surface area contributed by atoms with Gasteiger partial charge in [0, 0.05) is 30.3 Å². The van der Waals surface area contributed by atoms with Gasteiger partial charge in [-0.15, -0.1) is 11.3 Å². The van der Waals surface area contributed by atoms with E-state index in [9.17, 15) is 4.79 Å². The fourth-order valence-electron chi connectivity index (χ4n) is 2.59.